The number of hydrogen-bond acceptors (Lipinski definition) is 4. The lowest BCUT2D eigenvalue weighted by Gasteiger charge is -2.31. The molecule has 1 atom stereocenters. The minimum absolute atomic E-state index is 0.163. The number of amides is 3. The minimum Gasteiger partial charge on any atom is -0.351 e. The summed E-state index contributed by atoms with van der Waals surface area (Å²) < 4.78 is 41.7. The Morgan fingerprint density at radius 2 is 1.63 bits per heavy atom. The van der Waals surface area contributed by atoms with Crippen LogP contribution in [0.25, 0.3) is 0 Å². The third kappa shape index (κ3) is 5.86. The average molecular weight is 525 g/mol. The van der Waals surface area contributed by atoms with Gasteiger partial charge in [0.05, 0.1) is 23.8 Å². The van der Waals surface area contributed by atoms with Crippen molar-refractivity contribution in [3.63, 3.8) is 0 Å². The normalized spacial score (nSPS) is 15.4. The Hall–Kier alpha value is -4.18. The van der Waals surface area contributed by atoms with E-state index in [0.29, 0.717) is 24.7 Å². The quantitative estimate of drug-likeness (QED) is 0.440. The summed E-state index contributed by atoms with van der Waals surface area (Å²) in [6.45, 7) is 4.47. The van der Waals surface area contributed by atoms with E-state index in [1.807, 2.05) is 13.8 Å². The maximum Gasteiger partial charge on any atom is 0.259 e. The van der Waals surface area contributed by atoms with Gasteiger partial charge in [-0.25, -0.2) is 13.2 Å². The first-order valence-corrected chi connectivity index (χ1v) is 11.9. The smallest absolute Gasteiger partial charge is 0.259 e. The van der Waals surface area contributed by atoms with E-state index in [-0.39, 0.29) is 34.3 Å². The van der Waals surface area contributed by atoms with Gasteiger partial charge in [0.25, 0.3) is 11.8 Å². The number of carbonyl (C=O) groups is 3. The van der Waals surface area contributed by atoms with Crippen molar-refractivity contribution in [2.45, 2.75) is 26.3 Å². The van der Waals surface area contributed by atoms with Crippen LogP contribution in [0.1, 0.15) is 52.6 Å². The molecule has 0 radical (unpaired) electrons. The van der Waals surface area contributed by atoms with Crippen LogP contribution in [-0.4, -0.2) is 30.8 Å². The number of nitrogens with two attached hydrogens (primary N) is 1. The van der Waals surface area contributed by atoms with Gasteiger partial charge in [0.2, 0.25) is 5.91 Å². The van der Waals surface area contributed by atoms with E-state index in [9.17, 15) is 27.6 Å². The van der Waals surface area contributed by atoms with E-state index in [2.05, 4.69) is 10.6 Å². The largest absolute Gasteiger partial charge is 0.351 e. The molecule has 4 N–H and O–H groups in total. The van der Waals surface area contributed by atoms with Crippen LogP contribution in [0, 0.1) is 22.9 Å². The molecular formula is C28H27F3N4O3. The first kappa shape index (κ1) is 26.9. The molecule has 10 heteroatoms. The highest BCUT2D eigenvalue weighted by Crippen LogP contribution is 2.40. The molecule has 0 saturated carbocycles. The third-order valence-corrected chi connectivity index (χ3v) is 6.35. The molecule has 0 fully saturated rings. The van der Waals surface area contributed by atoms with Gasteiger partial charge >= 0.3 is 0 Å². The van der Waals surface area contributed by atoms with Crippen molar-refractivity contribution in [1.29, 1.82) is 0 Å². The lowest BCUT2D eigenvalue weighted by atomic mass is 9.94. The van der Waals surface area contributed by atoms with Gasteiger partial charge in [-0.05, 0) is 60.0 Å². The highest BCUT2D eigenvalue weighted by molar-refractivity contribution is 6.12. The fourth-order valence-corrected chi connectivity index (χ4v) is 4.14. The highest BCUT2D eigenvalue weighted by Gasteiger charge is 2.35. The van der Waals surface area contributed by atoms with E-state index >= 15 is 0 Å². The van der Waals surface area contributed by atoms with Gasteiger partial charge in [-0.1, -0.05) is 26.0 Å². The maximum absolute atomic E-state index is 14.0. The lowest BCUT2D eigenvalue weighted by molar-refractivity contribution is -0.116. The molecule has 1 unspecified atom stereocenters. The molecule has 0 spiro atoms. The van der Waals surface area contributed by atoms with Crippen molar-refractivity contribution in [2.75, 3.05) is 23.3 Å². The van der Waals surface area contributed by atoms with Crippen molar-refractivity contribution in [3.05, 3.63) is 94.8 Å². The predicted octanol–water partition coefficient (Wildman–Crippen LogP) is 4.55. The van der Waals surface area contributed by atoms with Gasteiger partial charge in [-0.15, -0.1) is 0 Å². The van der Waals surface area contributed by atoms with Crippen molar-refractivity contribution in [1.82, 2.24) is 5.32 Å². The average Bonchev–Trinajstić information content (AvgIpc) is 3.01. The number of carbonyl (C=O) groups excluding carboxylic acids is 3. The van der Waals surface area contributed by atoms with E-state index in [4.69, 9.17) is 5.73 Å². The zero-order valence-electron chi connectivity index (χ0n) is 20.9. The molecule has 3 aromatic rings. The van der Waals surface area contributed by atoms with E-state index < -0.39 is 41.2 Å². The summed E-state index contributed by atoms with van der Waals surface area (Å²) >= 11 is 0. The van der Waals surface area contributed by atoms with Crippen molar-refractivity contribution < 1.29 is 27.6 Å². The number of rotatable bonds is 6. The number of nitrogens with one attached hydrogen (secondary N) is 2. The molecule has 3 amide bonds. The van der Waals surface area contributed by atoms with Crippen molar-refractivity contribution in [3.8, 4) is 0 Å². The number of fused-ring (bicyclic) bond motifs is 1. The molecule has 1 aliphatic heterocycles. The van der Waals surface area contributed by atoms with Crippen LogP contribution >= 0.6 is 0 Å². The Balaban J connectivity index is 1.80. The Morgan fingerprint density at radius 1 is 0.974 bits per heavy atom. The number of halogens is 3. The van der Waals surface area contributed by atoms with Gasteiger partial charge < -0.3 is 16.4 Å². The predicted molar refractivity (Wildman–Crippen MR) is 137 cm³/mol. The number of benzene rings is 3. The molecule has 1 heterocycles. The molecule has 7 nitrogen and oxygen atoms in total. The lowest BCUT2D eigenvalue weighted by Crippen LogP contribution is -2.38. The van der Waals surface area contributed by atoms with Crippen LogP contribution in [0.4, 0.5) is 24.5 Å². The molecular weight excluding hydrogens is 497 g/mol. The van der Waals surface area contributed by atoms with E-state index in [0.717, 1.165) is 12.1 Å². The molecule has 0 bridgehead atoms. The summed E-state index contributed by atoms with van der Waals surface area (Å²) in [7, 11) is 0. The molecule has 0 saturated heterocycles. The summed E-state index contributed by atoms with van der Waals surface area (Å²) in [4.78, 5) is 40.7. The Kier molecular flexibility index (Phi) is 7.54. The van der Waals surface area contributed by atoms with Gasteiger partial charge in [0, 0.05) is 23.7 Å². The first-order valence-electron chi connectivity index (χ1n) is 11.9. The Labute approximate surface area is 217 Å². The van der Waals surface area contributed by atoms with Gasteiger partial charge in [-0.2, -0.15) is 0 Å². The Morgan fingerprint density at radius 3 is 2.26 bits per heavy atom. The SMILES string of the molecule is CC(C)(CN)CNC(=O)c1ccc2c(c1)NC(=O)CC(c1ccc(F)cc1)N2C(=O)c1cc(F)cc(F)c1. The molecule has 0 aliphatic carbocycles. The zero-order valence-corrected chi connectivity index (χ0v) is 20.9. The molecule has 3 aromatic carbocycles. The number of nitrogens with zero attached hydrogens (tertiary/aromatic N) is 1. The number of anilines is 2. The van der Waals surface area contributed by atoms with Crippen LogP contribution in [0.5, 0.6) is 0 Å². The molecule has 1 aliphatic rings. The van der Waals surface area contributed by atoms with Gasteiger partial charge in [-0.3, -0.25) is 19.3 Å². The molecule has 198 valence electrons. The van der Waals surface area contributed by atoms with Crippen LogP contribution in [-0.2, 0) is 4.79 Å². The Bertz CT molecular complexity index is 1370. The second kappa shape index (κ2) is 10.7. The topological polar surface area (TPSA) is 105 Å². The summed E-state index contributed by atoms with van der Waals surface area (Å²) in [6.07, 6.45) is -0.226. The summed E-state index contributed by atoms with van der Waals surface area (Å²) in [6, 6.07) is 11.2. The van der Waals surface area contributed by atoms with Crippen molar-refractivity contribution >= 4 is 29.1 Å². The van der Waals surface area contributed by atoms with E-state index in [1.54, 1.807) is 0 Å². The van der Waals surface area contributed by atoms with Gasteiger partial charge in [0.15, 0.2) is 0 Å². The summed E-state index contributed by atoms with van der Waals surface area (Å²) in [5.74, 6) is -4.05. The highest BCUT2D eigenvalue weighted by atomic mass is 19.1. The molecule has 4 rings (SSSR count). The van der Waals surface area contributed by atoms with Crippen molar-refractivity contribution in [2.24, 2.45) is 11.1 Å². The summed E-state index contributed by atoms with van der Waals surface area (Å²) in [5.41, 5.74) is 6.15. The van der Waals surface area contributed by atoms with Gasteiger partial charge in [0.1, 0.15) is 17.5 Å². The molecule has 38 heavy (non-hydrogen) atoms. The zero-order chi connectivity index (χ0) is 27.6. The maximum atomic E-state index is 14.0. The van der Waals surface area contributed by atoms with E-state index in [1.165, 1.54) is 47.4 Å². The monoisotopic (exact) mass is 524 g/mol. The second-order valence-corrected chi connectivity index (χ2v) is 9.94. The first-order chi connectivity index (χ1) is 18.0. The standard InChI is InChI=1S/C28H27F3N4O3/c1-28(2,14-32)15-33-26(37)17-5-8-23-22(11-17)34-25(36)13-24(16-3-6-19(29)7-4-16)35(23)27(38)18-9-20(30)12-21(31)10-18/h3-12,24H,13-15,32H2,1-2H3,(H,33,37)(H,34,36). The fourth-order valence-electron chi connectivity index (χ4n) is 4.14. The second-order valence-electron chi connectivity index (χ2n) is 9.94. The van der Waals surface area contributed by atoms with Crippen LogP contribution < -0.4 is 21.3 Å². The van der Waals surface area contributed by atoms with Crippen LogP contribution in [0.15, 0.2) is 60.7 Å². The fraction of sp³-hybridized carbons (Fsp3) is 0.250. The third-order valence-electron chi connectivity index (χ3n) is 6.35. The van der Waals surface area contributed by atoms with Crippen LogP contribution in [0.3, 0.4) is 0 Å². The summed E-state index contributed by atoms with van der Waals surface area (Å²) in [5, 5.41) is 5.52. The van der Waals surface area contributed by atoms with Crippen LogP contribution in [0.2, 0.25) is 0 Å². The minimum atomic E-state index is -0.941. The molecule has 0 aromatic heterocycles. The number of hydrogen-bond donors (Lipinski definition) is 3.